The van der Waals surface area contributed by atoms with Gasteiger partial charge in [-0.15, -0.1) is 0 Å². The minimum Gasteiger partial charge on any atom is -0.366 e. The van der Waals surface area contributed by atoms with Gasteiger partial charge in [0.1, 0.15) is 6.04 Å². The van der Waals surface area contributed by atoms with E-state index in [-0.39, 0.29) is 11.3 Å². The summed E-state index contributed by atoms with van der Waals surface area (Å²) in [5.41, 5.74) is 7.76. The number of nitrogens with two attached hydrogens (primary N) is 1. The summed E-state index contributed by atoms with van der Waals surface area (Å²) in [5.74, 6) is -0.941. The van der Waals surface area contributed by atoms with Crippen LogP contribution in [0.25, 0.3) is 0 Å². The van der Waals surface area contributed by atoms with Crippen molar-refractivity contribution in [1.29, 1.82) is 5.26 Å². The Morgan fingerprint density at radius 1 is 1.00 bits per heavy atom. The van der Waals surface area contributed by atoms with E-state index in [2.05, 4.69) is 32.2 Å². The van der Waals surface area contributed by atoms with Crippen molar-refractivity contribution in [3.63, 3.8) is 0 Å². The maximum absolute atomic E-state index is 12.3. The number of carbonyl (C=O) groups is 2. The summed E-state index contributed by atoms with van der Waals surface area (Å²) in [6.07, 6.45) is 0. The summed E-state index contributed by atoms with van der Waals surface area (Å²) >= 11 is 0. The molecule has 5 nitrogen and oxygen atoms in total. The van der Waals surface area contributed by atoms with E-state index in [0.29, 0.717) is 11.1 Å². The predicted molar refractivity (Wildman–Crippen MR) is 95.9 cm³/mol. The Hall–Kier alpha value is -3.13. The summed E-state index contributed by atoms with van der Waals surface area (Å²) < 4.78 is 0. The highest BCUT2D eigenvalue weighted by atomic mass is 16.2. The summed E-state index contributed by atoms with van der Waals surface area (Å²) in [5, 5.41) is 12.1. The van der Waals surface area contributed by atoms with Crippen molar-refractivity contribution in [2.45, 2.75) is 32.2 Å². The zero-order valence-electron chi connectivity index (χ0n) is 14.5. The minimum absolute atomic E-state index is 0.0199. The van der Waals surface area contributed by atoms with Crippen molar-refractivity contribution in [3.8, 4) is 6.07 Å². The molecule has 0 saturated carbocycles. The van der Waals surface area contributed by atoms with Crippen molar-refractivity contribution >= 4 is 11.8 Å². The fourth-order valence-electron chi connectivity index (χ4n) is 2.37. The van der Waals surface area contributed by atoms with Gasteiger partial charge in [-0.3, -0.25) is 9.59 Å². The molecule has 5 heteroatoms. The Labute approximate surface area is 147 Å². The molecule has 3 N–H and O–H groups in total. The molecule has 25 heavy (non-hydrogen) atoms. The van der Waals surface area contributed by atoms with Crippen LogP contribution in [0.4, 0.5) is 0 Å². The highest BCUT2D eigenvalue weighted by Gasteiger charge is 2.18. The van der Waals surface area contributed by atoms with Crippen LogP contribution in [0.1, 0.15) is 58.7 Å². The lowest BCUT2D eigenvalue weighted by atomic mass is 9.86. The lowest BCUT2D eigenvalue weighted by Gasteiger charge is -2.20. The number of hydrogen-bond acceptors (Lipinski definition) is 3. The van der Waals surface area contributed by atoms with E-state index in [1.165, 1.54) is 24.3 Å². The average molecular weight is 335 g/mol. The largest absolute Gasteiger partial charge is 0.366 e. The highest BCUT2D eigenvalue weighted by molar-refractivity contribution is 5.97. The van der Waals surface area contributed by atoms with Crippen LogP contribution in [0.5, 0.6) is 0 Å². The van der Waals surface area contributed by atoms with Crippen molar-refractivity contribution < 1.29 is 9.59 Å². The van der Waals surface area contributed by atoms with Crippen molar-refractivity contribution in [1.82, 2.24) is 5.32 Å². The molecule has 0 fully saturated rings. The van der Waals surface area contributed by atoms with E-state index in [4.69, 9.17) is 5.73 Å². The number of nitriles is 1. The first-order valence-electron chi connectivity index (χ1n) is 7.93. The van der Waals surface area contributed by atoms with Crippen molar-refractivity contribution in [2.24, 2.45) is 5.73 Å². The van der Waals surface area contributed by atoms with Crippen LogP contribution in [-0.4, -0.2) is 11.8 Å². The molecule has 0 radical (unpaired) electrons. The predicted octanol–water partition coefficient (Wildman–Crippen LogP) is 3.08. The Morgan fingerprint density at radius 2 is 1.52 bits per heavy atom. The fourth-order valence-corrected chi connectivity index (χ4v) is 2.37. The third kappa shape index (κ3) is 4.45. The van der Waals surface area contributed by atoms with Crippen LogP contribution in [0.3, 0.4) is 0 Å². The third-order valence-corrected chi connectivity index (χ3v) is 3.95. The summed E-state index contributed by atoms with van der Waals surface area (Å²) in [4.78, 5) is 23.4. The van der Waals surface area contributed by atoms with E-state index in [0.717, 1.165) is 11.1 Å². The first kappa shape index (κ1) is 18.2. The molecule has 2 aromatic rings. The van der Waals surface area contributed by atoms with Gasteiger partial charge in [0.05, 0.1) is 6.07 Å². The van der Waals surface area contributed by atoms with Gasteiger partial charge < -0.3 is 11.1 Å². The van der Waals surface area contributed by atoms with E-state index in [9.17, 15) is 14.9 Å². The molecule has 0 aliphatic heterocycles. The monoisotopic (exact) mass is 335 g/mol. The number of nitrogens with one attached hydrogen (secondary N) is 1. The lowest BCUT2D eigenvalue weighted by molar-refractivity contribution is 0.0942. The SMILES string of the molecule is CC(C)(C)c1ccc([C@H](C#N)NC(=O)c2ccc(C(N)=O)cc2)cc1. The quantitative estimate of drug-likeness (QED) is 0.898. The second-order valence-corrected chi connectivity index (χ2v) is 6.85. The first-order valence-corrected chi connectivity index (χ1v) is 7.93. The van der Waals surface area contributed by atoms with Crippen LogP contribution >= 0.6 is 0 Å². The Balaban J connectivity index is 2.15. The number of hydrogen-bond donors (Lipinski definition) is 2. The van der Waals surface area contributed by atoms with E-state index in [1.807, 2.05) is 24.3 Å². The molecule has 1 atom stereocenters. The Bertz CT molecular complexity index is 810. The summed E-state index contributed by atoms with van der Waals surface area (Å²) in [6.45, 7) is 6.34. The first-order chi connectivity index (χ1) is 11.7. The number of nitrogens with zero attached hydrogens (tertiary/aromatic N) is 1. The molecule has 2 amide bonds. The van der Waals surface area contributed by atoms with Gasteiger partial charge in [0.2, 0.25) is 5.91 Å². The van der Waals surface area contributed by atoms with Crippen LogP contribution in [0.2, 0.25) is 0 Å². The Kier molecular flexibility index (Phi) is 5.23. The van der Waals surface area contributed by atoms with Gasteiger partial charge in [-0.05, 0) is 40.8 Å². The van der Waals surface area contributed by atoms with Gasteiger partial charge in [-0.1, -0.05) is 45.0 Å². The number of primary amides is 1. The topological polar surface area (TPSA) is 96.0 Å². The smallest absolute Gasteiger partial charge is 0.252 e. The lowest BCUT2D eigenvalue weighted by Crippen LogP contribution is -2.27. The summed E-state index contributed by atoms with van der Waals surface area (Å²) in [6, 6.07) is 15.0. The van der Waals surface area contributed by atoms with Crippen LogP contribution in [0.15, 0.2) is 48.5 Å². The molecule has 0 aliphatic carbocycles. The second kappa shape index (κ2) is 7.18. The number of benzene rings is 2. The number of carbonyl (C=O) groups excluding carboxylic acids is 2. The Morgan fingerprint density at radius 3 is 1.96 bits per heavy atom. The van der Waals surface area contributed by atoms with E-state index < -0.39 is 11.9 Å². The molecule has 0 spiro atoms. The van der Waals surface area contributed by atoms with Crippen LogP contribution in [-0.2, 0) is 5.41 Å². The molecule has 0 bridgehead atoms. The third-order valence-electron chi connectivity index (χ3n) is 3.95. The zero-order valence-corrected chi connectivity index (χ0v) is 14.5. The molecule has 0 heterocycles. The molecule has 2 aromatic carbocycles. The average Bonchev–Trinajstić information content (AvgIpc) is 2.59. The highest BCUT2D eigenvalue weighted by Crippen LogP contribution is 2.24. The van der Waals surface area contributed by atoms with Crippen molar-refractivity contribution in [2.75, 3.05) is 0 Å². The summed E-state index contributed by atoms with van der Waals surface area (Å²) in [7, 11) is 0. The van der Waals surface area contributed by atoms with Gasteiger partial charge >= 0.3 is 0 Å². The normalized spacial score (nSPS) is 12.1. The van der Waals surface area contributed by atoms with E-state index in [1.54, 1.807) is 0 Å². The molecule has 0 saturated heterocycles. The fraction of sp³-hybridized carbons (Fsp3) is 0.250. The standard InChI is InChI=1S/C20H21N3O2/c1-20(2,3)16-10-8-13(9-11-16)17(12-21)23-19(25)15-6-4-14(5-7-15)18(22)24/h4-11,17H,1-3H3,(H2,22,24)(H,23,25)/t17-/m0/s1. The molecule has 0 aromatic heterocycles. The van der Waals surface area contributed by atoms with Gasteiger partial charge in [-0.25, -0.2) is 0 Å². The van der Waals surface area contributed by atoms with E-state index >= 15 is 0 Å². The van der Waals surface area contributed by atoms with Gasteiger partial charge in [-0.2, -0.15) is 5.26 Å². The molecule has 128 valence electrons. The molecule has 0 unspecified atom stereocenters. The van der Waals surface area contributed by atoms with Gasteiger partial charge in [0.25, 0.3) is 5.91 Å². The number of amides is 2. The molecular formula is C20H21N3O2. The maximum Gasteiger partial charge on any atom is 0.252 e. The zero-order chi connectivity index (χ0) is 18.6. The molecule has 2 rings (SSSR count). The van der Waals surface area contributed by atoms with Crippen molar-refractivity contribution in [3.05, 3.63) is 70.8 Å². The van der Waals surface area contributed by atoms with Crippen LogP contribution in [0, 0.1) is 11.3 Å². The maximum atomic E-state index is 12.3. The second-order valence-electron chi connectivity index (χ2n) is 6.85. The van der Waals surface area contributed by atoms with Gasteiger partial charge in [0, 0.05) is 11.1 Å². The van der Waals surface area contributed by atoms with Gasteiger partial charge in [0.15, 0.2) is 0 Å². The molecule has 0 aliphatic rings. The minimum atomic E-state index is -0.752. The number of rotatable bonds is 4. The molecular weight excluding hydrogens is 314 g/mol. The van der Waals surface area contributed by atoms with Crippen LogP contribution < -0.4 is 11.1 Å².